The zero-order chi connectivity index (χ0) is 21.0. The second-order valence-electron chi connectivity index (χ2n) is 6.17. The van der Waals surface area contributed by atoms with Gasteiger partial charge in [0.15, 0.2) is 11.5 Å². The van der Waals surface area contributed by atoms with Crippen molar-refractivity contribution in [2.75, 3.05) is 21.3 Å². The van der Waals surface area contributed by atoms with Gasteiger partial charge in [-0.25, -0.2) is 4.68 Å². The predicted octanol–water partition coefficient (Wildman–Crippen LogP) is 1.03. The fourth-order valence-corrected chi connectivity index (χ4v) is 2.98. The Kier molecular flexibility index (Phi) is 5.87. The summed E-state index contributed by atoms with van der Waals surface area (Å²) in [6, 6.07) is 9.80. The molecular weight excluding hydrogens is 378 g/mol. The third-order valence-electron chi connectivity index (χ3n) is 4.45. The normalized spacial score (nSPS) is 10.6. The molecule has 152 valence electrons. The zero-order valence-corrected chi connectivity index (χ0v) is 16.3. The average Bonchev–Trinajstić information content (AvgIpc) is 2.75. The van der Waals surface area contributed by atoms with Gasteiger partial charge in [-0.1, -0.05) is 12.1 Å². The maximum atomic E-state index is 12.5. The van der Waals surface area contributed by atoms with Crippen LogP contribution < -0.4 is 30.6 Å². The first kappa shape index (κ1) is 20.0. The Balaban J connectivity index is 1.79. The molecule has 1 heterocycles. The van der Waals surface area contributed by atoms with Crippen molar-refractivity contribution in [2.24, 2.45) is 0 Å². The van der Waals surface area contributed by atoms with Crippen LogP contribution in [0, 0.1) is 0 Å². The summed E-state index contributed by atoms with van der Waals surface area (Å²) >= 11 is 0. The molecule has 0 spiro atoms. The van der Waals surface area contributed by atoms with Crippen molar-refractivity contribution in [3.8, 4) is 17.2 Å². The number of fused-ring (bicyclic) bond motifs is 1. The minimum atomic E-state index is -0.449. The van der Waals surface area contributed by atoms with Gasteiger partial charge in [-0.15, -0.1) is 0 Å². The lowest BCUT2D eigenvalue weighted by atomic mass is 10.1. The smallest absolute Gasteiger partial charge is 0.273 e. The molecule has 0 radical (unpaired) electrons. The number of aromatic nitrogens is 2. The van der Waals surface area contributed by atoms with Crippen LogP contribution in [0.4, 0.5) is 0 Å². The molecule has 3 aromatic rings. The van der Waals surface area contributed by atoms with Gasteiger partial charge in [-0.3, -0.25) is 19.5 Å². The van der Waals surface area contributed by atoms with Gasteiger partial charge < -0.3 is 19.5 Å². The molecule has 0 saturated carbocycles. The van der Waals surface area contributed by atoms with E-state index in [9.17, 15) is 14.4 Å². The summed E-state index contributed by atoms with van der Waals surface area (Å²) < 4.78 is 16.8. The highest BCUT2D eigenvalue weighted by Gasteiger charge is 2.14. The Morgan fingerprint density at radius 1 is 0.966 bits per heavy atom. The molecule has 9 heteroatoms. The third kappa shape index (κ3) is 4.08. The summed E-state index contributed by atoms with van der Waals surface area (Å²) in [5.74, 6) is 1.06. The van der Waals surface area contributed by atoms with Crippen LogP contribution in [0.1, 0.15) is 5.56 Å². The number of hydrogen-bond donors (Lipinski definition) is 2. The first-order valence-electron chi connectivity index (χ1n) is 8.76. The first-order valence-corrected chi connectivity index (χ1v) is 8.76. The molecule has 0 fully saturated rings. The average molecular weight is 399 g/mol. The highest BCUT2D eigenvalue weighted by Crippen LogP contribution is 2.34. The van der Waals surface area contributed by atoms with Crippen molar-refractivity contribution in [2.45, 2.75) is 13.1 Å². The molecule has 0 aliphatic rings. The molecule has 29 heavy (non-hydrogen) atoms. The lowest BCUT2D eigenvalue weighted by Gasteiger charge is -2.15. The molecule has 3 rings (SSSR count). The van der Waals surface area contributed by atoms with E-state index in [0.29, 0.717) is 22.8 Å². The molecule has 2 N–H and O–H groups in total. The fourth-order valence-electron chi connectivity index (χ4n) is 2.98. The van der Waals surface area contributed by atoms with Crippen molar-refractivity contribution in [1.82, 2.24) is 15.1 Å². The number of hydrogen-bond acceptors (Lipinski definition) is 6. The number of nitrogens with zero attached hydrogens (tertiary/aromatic N) is 1. The molecule has 0 aliphatic carbocycles. The Morgan fingerprint density at radius 2 is 1.59 bits per heavy atom. The summed E-state index contributed by atoms with van der Waals surface area (Å²) in [5.41, 5.74) is -0.216. The second-order valence-corrected chi connectivity index (χ2v) is 6.17. The van der Waals surface area contributed by atoms with E-state index in [1.165, 1.54) is 21.3 Å². The predicted molar refractivity (Wildman–Crippen MR) is 107 cm³/mol. The van der Waals surface area contributed by atoms with E-state index in [1.54, 1.807) is 36.4 Å². The molecule has 0 saturated heterocycles. The van der Waals surface area contributed by atoms with Crippen molar-refractivity contribution in [3.05, 3.63) is 62.7 Å². The molecule has 0 unspecified atom stereocenters. The largest absolute Gasteiger partial charge is 0.496 e. The molecule has 1 aromatic heterocycles. The molecular formula is C20H21N3O6. The molecule has 0 bridgehead atoms. The van der Waals surface area contributed by atoms with E-state index >= 15 is 0 Å². The van der Waals surface area contributed by atoms with Crippen molar-refractivity contribution >= 4 is 16.7 Å². The summed E-state index contributed by atoms with van der Waals surface area (Å²) in [6.45, 7) is -0.191. The van der Waals surface area contributed by atoms with E-state index in [-0.39, 0.29) is 23.9 Å². The van der Waals surface area contributed by atoms with Gasteiger partial charge in [0.2, 0.25) is 5.91 Å². The number of aromatic amines is 1. The Morgan fingerprint density at radius 3 is 2.24 bits per heavy atom. The number of rotatable bonds is 7. The van der Waals surface area contributed by atoms with Gasteiger partial charge in [0, 0.05) is 18.2 Å². The highest BCUT2D eigenvalue weighted by atomic mass is 16.5. The van der Waals surface area contributed by atoms with Gasteiger partial charge in [0.05, 0.1) is 32.1 Å². The Labute approximate surface area is 165 Å². The summed E-state index contributed by atoms with van der Waals surface area (Å²) in [7, 11) is 4.53. The maximum absolute atomic E-state index is 12.5. The number of H-pyrrole nitrogens is 1. The third-order valence-corrected chi connectivity index (χ3v) is 4.45. The maximum Gasteiger partial charge on any atom is 0.273 e. The molecule has 0 atom stereocenters. The summed E-state index contributed by atoms with van der Waals surface area (Å²) in [6.07, 6.45) is 0. The van der Waals surface area contributed by atoms with E-state index in [4.69, 9.17) is 14.2 Å². The molecule has 0 aliphatic heterocycles. The number of carbonyl (C=O) groups is 1. The second kappa shape index (κ2) is 8.51. The van der Waals surface area contributed by atoms with Crippen LogP contribution in [-0.2, 0) is 17.9 Å². The molecule has 1 amide bonds. The van der Waals surface area contributed by atoms with Crippen LogP contribution in [0.15, 0.2) is 46.0 Å². The van der Waals surface area contributed by atoms with Crippen LogP contribution in [0.5, 0.6) is 17.2 Å². The van der Waals surface area contributed by atoms with E-state index < -0.39 is 17.0 Å². The van der Waals surface area contributed by atoms with Crippen LogP contribution >= 0.6 is 0 Å². The number of ether oxygens (including phenoxy) is 3. The number of amides is 1. The SMILES string of the molecule is COc1cc(OC)c(OC)cc1CNC(=O)Cn1[nH]c(=O)c2ccccc2c1=O. The van der Waals surface area contributed by atoms with Crippen molar-refractivity contribution < 1.29 is 19.0 Å². The number of carbonyl (C=O) groups excluding carboxylic acids is 1. The monoisotopic (exact) mass is 399 g/mol. The van der Waals surface area contributed by atoms with Gasteiger partial charge >= 0.3 is 0 Å². The Bertz CT molecular complexity index is 1170. The lowest BCUT2D eigenvalue weighted by Crippen LogP contribution is -2.36. The minimum Gasteiger partial charge on any atom is -0.496 e. The zero-order valence-electron chi connectivity index (χ0n) is 16.3. The van der Waals surface area contributed by atoms with Crippen LogP contribution in [0.2, 0.25) is 0 Å². The highest BCUT2D eigenvalue weighted by molar-refractivity contribution is 5.81. The summed E-state index contributed by atoms with van der Waals surface area (Å²) in [5, 5.41) is 5.68. The van der Waals surface area contributed by atoms with Crippen LogP contribution in [0.25, 0.3) is 10.8 Å². The number of benzene rings is 2. The van der Waals surface area contributed by atoms with Gasteiger partial charge in [-0.2, -0.15) is 0 Å². The van der Waals surface area contributed by atoms with Gasteiger partial charge in [0.25, 0.3) is 11.1 Å². The van der Waals surface area contributed by atoms with E-state index in [2.05, 4.69) is 10.4 Å². The number of methoxy groups -OCH3 is 3. The number of nitrogens with one attached hydrogen (secondary N) is 2. The molecule has 9 nitrogen and oxygen atoms in total. The van der Waals surface area contributed by atoms with Gasteiger partial charge in [-0.05, 0) is 18.2 Å². The van der Waals surface area contributed by atoms with E-state index in [1.807, 2.05) is 0 Å². The van der Waals surface area contributed by atoms with Crippen molar-refractivity contribution in [1.29, 1.82) is 0 Å². The van der Waals surface area contributed by atoms with Crippen molar-refractivity contribution in [3.63, 3.8) is 0 Å². The van der Waals surface area contributed by atoms with E-state index in [0.717, 1.165) is 4.68 Å². The van der Waals surface area contributed by atoms with Gasteiger partial charge in [0.1, 0.15) is 12.3 Å². The minimum absolute atomic E-state index is 0.134. The fraction of sp³-hybridized carbons (Fsp3) is 0.250. The topological polar surface area (TPSA) is 112 Å². The molecule has 2 aromatic carbocycles. The quantitative estimate of drug-likeness (QED) is 0.614. The summed E-state index contributed by atoms with van der Waals surface area (Å²) in [4.78, 5) is 37.0. The van der Waals surface area contributed by atoms with Crippen LogP contribution in [-0.4, -0.2) is 37.0 Å². The standard InChI is InChI=1S/C20H21N3O6/c1-27-15-9-17(29-3)16(28-2)8-12(15)10-21-18(24)11-23-20(26)14-7-5-4-6-13(14)19(25)22-23/h4-9H,10-11H2,1-3H3,(H,21,24)(H,22,25). The Hall–Kier alpha value is -3.75. The lowest BCUT2D eigenvalue weighted by molar-refractivity contribution is -0.122. The first-order chi connectivity index (χ1) is 14.0. The van der Waals surface area contributed by atoms with Crippen LogP contribution in [0.3, 0.4) is 0 Å².